The standard InChI is InChI=1S/C18H22BNO2/c1-3-5-14-6-4-7-15(10-14)12-20(2)17-9-8-16-13-22-19(21)18(16)11-17/h4,6-11,21H,3,5,12-13H2,1-2H3. The van der Waals surface area contributed by atoms with Gasteiger partial charge in [0, 0.05) is 19.3 Å². The summed E-state index contributed by atoms with van der Waals surface area (Å²) in [6.07, 6.45) is 2.29. The molecule has 4 heteroatoms. The van der Waals surface area contributed by atoms with E-state index in [1.165, 1.54) is 17.5 Å². The summed E-state index contributed by atoms with van der Waals surface area (Å²) < 4.78 is 5.26. The van der Waals surface area contributed by atoms with E-state index in [1.54, 1.807) is 0 Å². The van der Waals surface area contributed by atoms with E-state index in [0.717, 1.165) is 29.7 Å². The van der Waals surface area contributed by atoms with Crippen LogP contribution in [0.1, 0.15) is 30.0 Å². The molecule has 0 aromatic heterocycles. The topological polar surface area (TPSA) is 32.7 Å². The second-order valence-corrected chi connectivity index (χ2v) is 5.97. The second-order valence-electron chi connectivity index (χ2n) is 5.97. The van der Waals surface area contributed by atoms with Crippen LogP contribution in [-0.2, 0) is 24.2 Å². The van der Waals surface area contributed by atoms with Gasteiger partial charge in [-0.1, -0.05) is 43.7 Å². The molecule has 114 valence electrons. The van der Waals surface area contributed by atoms with E-state index < -0.39 is 7.12 Å². The summed E-state index contributed by atoms with van der Waals surface area (Å²) in [6, 6.07) is 14.9. The second kappa shape index (κ2) is 6.55. The minimum atomic E-state index is -0.781. The van der Waals surface area contributed by atoms with Crippen molar-refractivity contribution in [2.24, 2.45) is 0 Å². The molecule has 1 N–H and O–H groups in total. The van der Waals surface area contributed by atoms with Gasteiger partial charge in [-0.05, 0) is 40.7 Å². The Morgan fingerprint density at radius 2 is 2.00 bits per heavy atom. The highest BCUT2D eigenvalue weighted by Crippen LogP contribution is 2.19. The van der Waals surface area contributed by atoms with E-state index in [1.807, 2.05) is 12.1 Å². The zero-order valence-corrected chi connectivity index (χ0v) is 13.2. The first-order valence-electron chi connectivity index (χ1n) is 7.89. The van der Waals surface area contributed by atoms with Gasteiger partial charge in [-0.3, -0.25) is 0 Å². The van der Waals surface area contributed by atoms with Crippen molar-refractivity contribution in [3.63, 3.8) is 0 Å². The van der Waals surface area contributed by atoms with Crippen LogP contribution in [0.15, 0.2) is 42.5 Å². The highest BCUT2D eigenvalue weighted by atomic mass is 16.5. The fraction of sp³-hybridized carbons (Fsp3) is 0.333. The van der Waals surface area contributed by atoms with Crippen LogP contribution < -0.4 is 10.4 Å². The van der Waals surface area contributed by atoms with Crippen LogP contribution in [0.3, 0.4) is 0 Å². The van der Waals surface area contributed by atoms with Gasteiger partial charge in [-0.15, -0.1) is 0 Å². The maximum Gasteiger partial charge on any atom is 0.491 e. The molecule has 0 spiro atoms. The first kappa shape index (κ1) is 15.1. The van der Waals surface area contributed by atoms with Gasteiger partial charge in [0.15, 0.2) is 0 Å². The molecule has 0 saturated carbocycles. The highest BCUT2D eigenvalue weighted by Gasteiger charge is 2.27. The predicted molar refractivity (Wildman–Crippen MR) is 91.4 cm³/mol. The Morgan fingerprint density at radius 1 is 1.18 bits per heavy atom. The van der Waals surface area contributed by atoms with Crippen molar-refractivity contribution in [1.29, 1.82) is 0 Å². The Bertz CT molecular complexity index is 659. The molecular formula is C18H22BNO2. The van der Waals surface area contributed by atoms with Crippen LogP contribution in [-0.4, -0.2) is 19.2 Å². The van der Waals surface area contributed by atoms with E-state index in [2.05, 4.69) is 49.2 Å². The van der Waals surface area contributed by atoms with Crippen LogP contribution in [0.2, 0.25) is 0 Å². The number of fused-ring (bicyclic) bond motifs is 1. The van der Waals surface area contributed by atoms with Gasteiger partial charge in [-0.25, -0.2) is 0 Å². The van der Waals surface area contributed by atoms with E-state index in [0.29, 0.717) is 6.61 Å². The third kappa shape index (κ3) is 3.18. The normalized spacial score (nSPS) is 13.3. The van der Waals surface area contributed by atoms with Crippen molar-refractivity contribution >= 4 is 18.3 Å². The molecule has 2 aromatic rings. The van der Waals surface area contributed by atoms with Crippen LogP contribution in [0, 0.1) is 0 Å². The molecule has 0 atom stereocenters. The quantitative estimate of drug-likeness (QED) is 0.860. The Balaban J connectivity index is 1.76. The highest BCUT2D eigenvalue weighted by molar-refractivity contribution is 6.61. The molecule has 0 unspecified atom stereocenters. The van der Waals surface area contributed by atoms with Crippen LogP contribution >= 0.6 is 0 Å². The zero-order valence-electron chi connectivity index (χ0n) is 13.2. The first-order chi connectivity index (χ1) is 10.7. The van der Waals surface area contributed by atoms with Gasteiger partial charge in [0.05, 0.1) is 6.61 Å². The maximum absolute atomic E-state index is 9.83. The molecule has 1 heterocycles. The van der Waals surface area contributed by atoms with Crippen LogP contribution in [0.25, 0.3) is 0 Å². The minimum Gasteiger partial charge on any atom is -0.423 e. The van der Waals surface area contributed by atoms with Crippen molar-refractivity contribution < 1.29 is 9.68 Å². The van der Waals surface area contributed by atoms with E-state index >= 15 is 0 Å². The SMILES string of the molecule is CCCc1cccc(CN(C)c2ccc3c(c2)B(O)OC3)c1. The van der Waals surface area contributed by atoms with Gasteiger partial charge in [0.1, 0.15) is 0 Å². The number of hydrogen-bond acceptors (Lipinski definition) is 3. The molecule has 0 bridgehead atoms. The van der Waals surface area contributed by atoms with Crippen molar-refractivity contribution in [3.05, 3.63) is 59.2 Å². The van der Waals surface area contributed by atoms with Crippen molar-refractivity contribution in [2.45, 2.75) is 32.9 Å². The monoisotopic (exact) mass is 295 g/mol. The molecule has 1 aliphatic heterocycles. The predicted octanol–water partition coefficient (Wildman–Crippen LogP) is 2.49. The van der Waals surface area contributed by atoms with Crippen LogP contribution in [0.4, 0.5) is 5.69 Å². The molecule has 1 aliphatic rings. The molecule has 3 nitrogen and oxygen atoms in total. The molecule has 0 fully saturated rings. The van der Waals surface area contributed by atoms with Crippen LogP contribution in [0.5, 0.6) is 0 Å². The largest absolute Gasteiger partial charge is 0.491 e. The fourth-order valence-corrected chi connectivity index (χ4v) is 2.98. The lowest BCUT2D eigenvalue weighted by molar-refractivity contribution is 0.275. The third-order valence-electron chi connectivity index (χ3n) is 4.18. The summed E-state index contributed by atoms with van der Waals surface area (Å²) in [5.41, 5.74) is 5.78. The number of rotatable bonds is 5. The van der Waals surface area contributed by atoms with Gasteiger partial charge in [0.25, 0.3) is 0 Å². The van der Waals surface area contributed by atoms with Gasteiger partial charge in [-0.2, -0.15) is 0 Å². The summed E-state index contributed by atoms with van der Waals surface area (Å²) >= 11 is 0. The molecule has 22 heavy (non-hydrogen) atoms. The number of benzene rings is 2. The molecule has 0 amide bonds. The minimum absolute atomic E-state index is 0.500. The Hall–Kier alpha value is -1.78. The summed E-state index contributed by atoms with van der Waals surface area (Å²) in [7, 11) is 1.30. The Morgan fingerprint density at radius 3 is 2.82 bits per heavy atom. The maximum atomic E-state index is 9.83. The van der Waals surface area contributed by atoms with E-state index in [9.17, 15) is 5.02 Å². The number of anilines is 1. The van der Waals surface area contributed by atoms with E-state index in [4.69, 9.17) is 4.65 Å². The molecule has 0 saturated heterocycles. The lowest BCUT2D eigenvalue weighted by Crippen LogP contribution is -2.29. The first-order valence-corrected chi connectivity index (χ1v) is 7.89. The summed E-state index contributed by atoms with van der Waals surface area (Å²) in [5.74, 6) is 0. The summed E-state index contributed by atoms with van der Waals surface area (Å²) in [6.45, 7) is 3.56. The Labute approximate surface area is 132 Å². The molecular weight excluding hydrogens is 273 g/mol. The molecule has 2 aromatic carbocycles. The lowest BCUT2D eigenvalue weighted by atomic mass is 9.79. The fourth-order valence-electron chi connectivity index (χ4n) is 2.98. The zero-order chi connectivity index (χ0) is 15.5. The average Bonchev–Trinajstić information content (AvgIpc) is 2.89. The third-order valence-corrected chi connectivity index (χ3v) is 4.18. The number of aryl methyl sites for hydroxylation is 1. The van der Waals surface area contributed by atoms with Crippen molar-refractivity contribution in [2.75, 3.05) is 11.9 Å². The molecule has 0 aliphatic carbocycles. The average molecular weight is 295 g/mol. The number of hydrogen-bond donors (Lipinski definition) is 1. The smallest absolute Gasteiger partial charge is 0.423 e. The van der Waals surface area contributed by atoms with Crippen molar-refractivity contribution in [1.82, 2.24) is 0 Å². The molecule has 0 radical (unpaired) electrons. The van der Waals surface area contributed by atoms with E-state index in [-0.39, 0.29) is 0 Å². The number of nitrogens with zero attached hydrogens (tertiary/aromatic N) is 1. The van der Waals surface area contributed by atoms with Gasteiger partial charge < -0.3 is 14.6 Å². The molecule has 3 rings (SSSR count). The summed E-state index contributed by atoms with van der Waals surface area (Å²) in [4.78, 5) is 2.20. The Kier molecular flexibility index (Phi) is 4.51. The van der Waals surface area contributed by atoms with Crippen molar-refractivity contribution in [3.8, 4) is 0 Å². The summed E-state index contributed by atoms with van der Waals surface area (Å²) in [5, 5.41) is 9.83. The van der Waals surface area contributed by atoms with Gasteiger partial charge in [0.2, 0.25) is 0 Å². The lowest BCUT2D eigenvalue weighted by Gasteiger charge is -2.20. The van der Waals surface area contributed by atoms with Gasteiger partial charge >= 0.3 is 7.12 Å².